The fourth-order valence-corrected chi connectivity index (χ4v) is 3.06. The van der Waals surface area contributed by atoms with Crippen molar-refractivity contribution in [3.05, 3.63) is 84.7 Å². The molecule has 0 amide bonds. The molecule has 0 aliphatic rings. The molecule has 0 unspecified atom stereocenters. The molecule has 0 aliphatic heterocycles. The van der Waals surface area contributed by atoms with Crippen molar-refractivity contribution < 1.29 is 0 Å². The Morgan fingerprint density at radius 3 is 2.56 bits per heavy atom. The second-order valence-corrected chi connectivity index (χ2v) is 6.20. The molecule has 0 aliphatic carbocycles. The first-order chi connectivity index (χ1) is 13.4. The van der Waals surface area contributed by atoms with Gasteiger partial charge < -0.3 is 5.32 Å². The Kier molecular flexibility index (Phi) is 3.72. The van der Waals surface area contributed by atoms with E-state index in [1.54, 1.807) is 16.9 Å². The maximum absolute atomic E-state index is 4.76. The van der Waals surface area contributed by atoms with Gasteiger partial charge in [0.1, 0.15) is 0 Å². The first-order valence-corrected chi connectivity index (χ1v) is 8.72. The van der Waals surface area contributed by atoms with Gasteiger partial charge in [0.05, 0.1) is 5.52 Å². The van der Waals surface area contributed by atoms with E-state index >= 15 is 0 Å². The summed E-state index contributed by atoms with van der Waals surface area (Å²) in [4.78, 5) is 13.7. The van der Waals surface area contributed by atoms with Crippen LogP contribution in [0.4, 0.5) is 5.95 Å². The number of hydrogen-bond acceptors (Lipinski definition) is 5. The van der Waals surface area contributed by atoms with Crippen molar-refractivity contribution in [1.82, 2.24) is 24.6 Å². The highest BCUT2D eigenvalue weighted by atomic mass is 15.4. The summed E-state index contributed by atoms with van der Waals surface area (Å²) in [6, 6.07) is 22.0. The van der Waals surface area contributed by atoms with E-state index in [0.717, 1.165) is 22.1 Å². The van der Waals surface area contributed by atoms with Crippen molar-refractivity contribution in [1.29, 1.82) is 0 Å². The van der Waals surface area contributed by atoms with E-state index in [1.165, 1.54) is 5.56 Å². The molecule has 3 heterocycles. The number of rotatable bonds is 4. The van der Waals surface area contributed by atoms with E-state index in [1.807, 2.05) is 54.6 Å². The molecule has 0 spiro atoms. The molecule has 6 nitrogen and oxygen atoms in total. The normalized spacial score (nSPS) is 11.1. The summed E-state index contributed by atoms with van der Waals surface area (Å²) in [5.41, 5.74) is 3.70. The van der Waals surface area contributed by atoms with Crippen LogP contribution in [0, 0.1) is 0 Å². The zero-order valence-corrected chi connectivity index (χ0v) is 14.4. The van der Waals surface area contributed by atoms with Gasteiger partial charge in [0.15, 0.2) is 11.5 Å². The van der Waals surface area contributed by atoms with Crippen LogP contribution in [0.2, 0.25) is 0 Å². The number of nitrogens with zero attached hydrogens (tertiary/aromatic N) is 5. The molecule has 130 valence electrons. The van der Waals surface area contributed by atoms with Crippen molar-refractivity contribution in [2.24, 2.45) is 0 Å². The summed E-state index contributed by atoms with van der Waals surface area (Å²) in [5, 5.41) is 9.04. The Labute approximate surface area is 155 Å². The second-order valence-electron chi connectivity index (χ2n) is 6.20. The van der Waals surface area contributed by atoms with Crippen molar-refractivity contribution in [2.75, 3.05) is 5.32 Å². The third-order valence-electron chi connectivity index (χ3n) is 4.39. The fraction of sp³-hybridized carbons (Fsp3) is 0.0476. The number of anilines is 1. The zero-order chi connectivity index (χ0) is 18.1. The predicted molar refractivity (Wildman–Crippen MR) is 105 cm³/mol. The maximum Gasteiger partial charge on any atom is 0.226 e. The van der Waals surface area contributed by atoms with Crippen LogP contribution in [0.25, 0.3) is 27.9 Å². The lowest BCUT2D eigenvalue weighted by molar-refractivity contribution is 0.920. The van der Waals surface area contributed by atoms with Gasteiger partial charge in [-0.15, -0.1) is 5.10 Å². The Bertz CT molecular complexity index is 1220. The topological polar surface area (TPSA) is 68.0 Å². The molecule has 0 saturated carbocycles. The highest BCUT2D eigenvalue weighted by Crippen LogP contribution is 2.24. The summed E-state index contributed by atoms with van der Waals surface area (Å²) in [7, 11) is 0. The third kappa shape index (κ3) is 2.87. The number of aromatic nitrogens is 5. The second kappa shape index (κ2) is 6.49. The highest BCUT2D eigenvalue weighted by Gasteiger charge is 2.14. The van der Waals surface area contributed by atoms with Crippen molar-refractivity contribution >= 4 is 22.5 Å². The van der Waals surface area contributed by atoms with Crippen LogP contribution in [0.15, 0.2) is 79.1 Å². The molecule has 6 heteroatoms. The van der Waals surface area contributed by atoms with Gasteiger partial charge in [0, 0.05) is 29.9 Å². The first-order valence-electron chi connectivity index (χ1n) is 8.72. The number of benzene rings is 2. The summed E-state index contributed by atoms with van der Waals surface area (Å²) in [6.07, 6.45) is 3.50. The number of fused-ring (bicyclic) bond motifs is 3. The number of para-hydroxylation sites is 1. The molecule has 0 atom stereocenters. The maximum atomic E-state index is 4.76. The van der Waals surface area contributed by atoms with Gasteiger partial charge in [-0.1, -0.05) is 42.5 Å². The van der Waals surface area contributed by atoms with E-state index in [2.05, 4.69) is 27.5 Å². The highest BCUT2D eigenvalue weighted by molar-refractivity contribution is 5.92. The molecule has 27 heavy (non-hydrogen) atoms. The average molecular weight is 352 g/mol. The van der Waals surface area contributed by atoms with Crippen LogP contribution in [-0.4, -0.2) is 24.6 Å². The number of hydrogen-bond donors (Lipinski definition) is 1. The SMILES string of the molecule is c1ccc(CNc2nc3ccccc3c3nc(-c4cccnc4)nn23)cc1. The van der Waals surface area contributed by atoms with E-state index in [9.17, 15) is 0 Å². The molecular formula is C21H16N6. The lowest BCUT2D eigenvalue weighted by Gasteiger charge is -2.09. The Balaban J connectivity index is 1.65. The summed E-state index contributed by atoms with van der Waals surface area (Å²) >= 11 is 0. The van der Waals surface area contributed by atoms with Crippen molar-refractivity contribution in [2.45, 2.75) is 6.54 Å². The molecule has 0 fully saturated rings. The fourth-order valence-electron chi connectivity index (χ4n) is 3.06. The van der Waals surface area contributed by atoms with Crippen molar-refractivity contribution in [3.8, 4) is 11.4 Å². The molecule has 2 aromatic carbocycles. The third-order valence-corrected chi connectivity index (χ3v) is 4.39. The predicted octanol–water partition coefficient (Wildman–Crippen LogP) is 3.95. The van der Waals surface area contributed by atoms with Crippen LogP contribution in [0.3, 0.4) is 0 Å². The number of pyridine rings is 1. The van der Waals surface area contributed by atoms with Gasteiger partial charge in [0.2, 0.25) is 5.95 Å². The molecule has 1 N–H and O–H groups in total. The van der Waals surface area contributed by atoms with Gasteiger partial charge >= 0.3 is 0 Å². The standard InChI is InChI=1S/C21H16N6/c1-2-7-15(8-3-1)13-23-21-24-18-11-5-4-10-17(18)20-25-19(26-27(20)21)16-9-6-12-22-14-16/h1-12,14H,13H2,(H,23,24). The first kappa shape index (κ1) is 15.5. The molecular weight excluding hydrogens is 336 g/mol. The van der Waals surface area contributed by atoms with Crippen LogP contribution in [0.5, 0.6) is 0 Å². The summed E-state index contributed by atoms with van der Waals surface area (Å²) in [6.45, 7) is 0.656. The Morgan fingerprint density at radius 1 is 0.852 bits per heavy atom. The summed E-state index contributed by atoms with van der Waals surface area (Å²) < 4.78 is 1.77. The van der Waals surface area contributed by atoms with Gasteiger partial charge in [-0.05, 0) is 29.8 Å². The van der Waals surface area contributed by atoms with Gasteiger partial charge in [0.25, 0.3) is 0 Å². The zero-order valence-electron chi connectivity index (χ0n) is 14.4. The van der Waals surface area contributed by atoms with E-state index in [0.29, 0.717) is 18.3 Å². The van der Waals surface area contributed by atoms with Crippen LogP contribution < -0.4 is 5.32 Å². The molecule has 3 aromatic heterocycles. The van der Waals surface area contributed by atoms with Gasteiger partial charge in [-0.25, -0.2) is 9.97 Å². The lowest BCUT2D eigenvalue weighted by atomic mass is 10.2. The smallest absolute Gasteiger partial charge is 0.226 e. The van der Waals surface area contributed by atoms with Crippen LogP contribution in [-0.2, 0) is 6.54 Å². The van der Waals surface area contributed by atoms with Gasteiger partial charge in [-0.3, -0.25) is 4.98 Å². The molecule has 0 bridgehead atoms. The van der Waals surface area contributed by atoms with E-state index in [4.69, 9.17) is 9.97 Å². The van der Waals surface area contributed by atoms with Crippen LogP contribution >= 0.6 is 0 Å². The van der Waals surface area contributed by atoms with Crippen LogP contribution in [0.1, 0.15) is 5.56 Å². The molecule has 0 radical (unpaired) electrons. The quantitative estimate of drug-likeness (QED) is 0.530. The minimum absolute atomic E-state index is 0.629. The largest absolute Gasteiger partial charge is 0.350 e. The molecule has 5 aromatic rings. The summed E-state index contributed by atoms with van der Waals surface area (Å²) in [5.74, 6) is 1.29. The lowest BCUT2D eigenvalue weighted by Crippen LogP contribution is -2.08. The van der Waals surface area contributed by atoms with Crippen molar-refractivity contribution in [3.63, 3.8) is 0 Å². The molecule has 5 rings (SSSR count). The molecule has 0 saturated heterocycles. The Hall–Kier alpha value is -3.80. The number of nitrogens with one attached hydrogen (secondary N) is 1. The minimum Gasteiger partial charge on any atom is -0.350 e. The Morgan fingerprint density at radius 2 is 1.70 bits per heavy atom. The average Bonchev–Trinajstić information content (AvgIpc) is 3.19. The van der Waals surface area contributed by atoms with E-state index < -0.39 is 0 Å². The monoisotopic (exact) mass is 352 g/mol. The minimum atomic E-state index is 0.629. The van der Waals surface area contributed by atoms with E-state index in [-0.39, 0.29) is 0 Å². The van der Waals surface area contributed by atoms with Gasteiger partial charge in [-0.2, -0.15) is 4.52 Å².